The van der Waals surface area contributed by atoms with Crippen molar-refractivity contribution < 1.29 is 0 Å². The topological polar surface area (TPSA) is 63.8 Å². The molecule has 5 heteroatoms. The van der Waals surface area contributed by atoms with Gasteiger partial charge in [-0.25, -0.2) is 9.97 Å². The van der Waals surface area contributed by atoms with Crippen molar-refractivity contribution in [3.8, 4) is 11.4 Å². The van der Waals surface area contributed by atoms with Gasteiger partial charge in [-0.1, -0.05) is 30.3 Å². The zero-order chi connectivity index (χ0) is 15.5. The van der Waals surface area contributed by atoms with Gasteiger partial charge in [0.1, 0.15) is 0 Å². The summed E-state index contributed by atoms with van der Waals surface area (Å²) in [4.78, 5) is 9.05. The van der Waals surface area contributed by atoms with Gasteiger partial charge >= 0.3 is 0 Å². The lowest BCUT2D eigenvalue weighted by Gasteiger charge is -2.12. The Morgan fingerprint density at radius 2 is 1.64 bits per heavy atom. The van der Waals surface area contributed by atoms with E-state index in [9.17, 15) is 0 Å². The summed E-state index contributed by atoms with van der Waals surface area (Å²) in [6.07, 6.45) is 0. The number of hydrogen-bond acceptors (Lipinski definition) is 4. The van der Waals surface area contributed by atoms with Gasteiger partial charge in [0.2, 0.25) is 0 Å². The number of benzene rings is 2. The van der Waals surface area contributed by atoms with E-state index in [1.165, 1.54) is 3.57 Å². The highest BCUT2D eigenvalue weighted by molar-refractivity contribution is 14.1. The summed E-state index contributed by atoms with van der Waals surface area (Å²) in [6, 6.07) is 17.9. The first-order chi connectivity index (χ1) is 10.6. The highest BCUT2D eigenvalue weighted by atomic mass is 127. The Hall–Kier alpha value is -2.15. The van der Waals surface area contributed by atoms with E-state index in [0.29, 0.717) is 17.3 Å². The summed E-state index contributed by atoms with van der Waals surface area (Å²) in [7, 11) is 0. The molecule has 0 saturated carbocycles. The number of nitrogens with two attached hydrogens (primary N) is 1. The molecule has 0 spiro atoms. The maximum atomic E-state index is 6.12. The summed E-state index contributed by atoms with van der Waals surface area (Å²) in [5.41, 5.74) is 9.37. The van der Waals surface area contributed by atoms with E-state index < -0.39 is 0 Å². The molecule has 0 unspecified atom stereocenters. The maximum absolute atomic E-state index is 6.12. The second-order valence-electron chi connectivity index (χ2n) is 4.89. The molecular formula is C17H15IN4. The van der Waals surface area contributed by atoms with E-state index >= 15 is 0 Å². The molecule has 0 aliphatic heterocycles. The molecule has 0 atom stereocenters. The molecule has 1 heterocycles. The van der Waals surface area contributed by atoms with Crippen LogP contribution in [-0.2, 0) is 0 Å². The van der Waals surface area contributed by atoms with Crippen molar-refractivity contribution in [3.63, 3.8) is 0 Å². The SMILES string of the molecule is Cc1nc(-c2ccccc2)nc(Nc2ccc(I)cc2)c1N. The van der Waals surface area contributed by atoms with Crippen LogP contribution >= 0.6 is 22.6 Å². The lowest BCUT2D eigenvalue weighted by Crippen LogP contribution is -2.05. The molecule has 22 heavy (non-hydrogen) atoms. The average Bonchev–Trinajstić information content (AvgIpc) is 2.54. The van der Waals surface area contributed by atoms with Crippen LogP contribution in [0.3, 0.4) is 0 Å². The number of nitrogens with zero attached hydrogens (tertiary/aromatic N) is 2. The lowest BCUT2D eigenvalue weighted by molar-refractivity contribution is 1.12. The zero-order valence-electron chi connectivity index (χ0n) is 12.0. The summed E-state index contributed by atoms with van der Waals surface area (Å²) < 4.78 is 1.18. The quantitative estimate of drug-likeness (QED) is 0.639. The van der Waals surface area contributed by atoms with E-state index in [1.807, 2.05) is 61.5 Å². The molecule has 0 amide bonds. The largest absolute Gasteiger partial charge is 0.394 e. The monoisotopic (exact) mass is 402 g/mol. The molecule has 3 rings (SSSR count). The van der Waals surface area contributed by atoms with Crippen molar-refractivity contribution in [2.24, 2.45) is 0 Å². The van der Waals surface area contributed by atoms with Gasteiger partial charge in [0.05, 0.1) is 11.4 Å². The van der Waals surface area contributed by atoms with Gasteiger partial charge in [-0.15, -0.1) is 0 Å². The molecular weight excluding hydrogens is 387 g/mol. The predicted molar refractivity (Wildman–Crippen MR) is 99.1 cm³/mol. The van der Waals surface area contributed by atoms with Crippen LogP contribution in [0.1, 0.15) is 5.69 Å². The van der Waals surface area contributed by atoms with E-state index in [4.69, 9.17) is 5.73 Å². The first kappa shape index (κ1) is 14.8. The number of hydrogen-bond donors (Lipinski definition) is 2. The van der Waals surface area contributed by atoms with Gasteiger partial charge in [0.15, 0.2) is 11.6 Å². The molecule has 0 fully saturated rings. The predicted octanol–water partition coefficient (Wildman–Crippen LogP) is 4.38. The highest BCUT2D eigenvalue weighted by Gasteiger charge is 2.10. The number of nitrogens with one attached hydrogen (secondary N) is 1. The highest BCUT2D eigenvalue weighted by Crippen LogP contribution is 2.26. The molecule has 4 nitrogen and oxygen atoms in total. The second kappa shape index (κ2) is 6.31. The van der Waals surface area contributed by atoms with Gasteiger partial charge < -0.3 is 11.1 Å². The van der Waals surface area contributed by atoms with Crippen molar-refractivity contribution in [1.82, 2.24) is 9.97 Å². The average molecular weight is 402 g/mol. The molecule has 0 saturated heterocycles. The molecule has 0 aliphatic carbocycles. The Kier molecular flexibility index (Phi) is 4.24. The Labute approximate surface area is 143 Å². The molecule has 0 bridgehead atoms. The van der Waals surface area contributed by atoms with Crippen molar-refractivity contribution in [2.75, 3.05) is 11.1 Å². The summed E-state index contributed by atoms with van der Waals surface area (Å²) in [5.74, 6) is 1.30. The lowest BCUT2D eigenvalue weighted by atomic mass is 10.2. The van der Waals surface area contributed by atoms with Crippen LogP contribution in [0, 0.1) is 10.5 Å². The van der Waals surface area contributed by atoms with Crippen LogP contribution in [0.5, 0.6) is 0 Å². The molecule has 1 aromatic heterocycles. The van der Waals surface area contributed by atoms with Crippen LogP contribution in [0.4, 0.5) is 17.2 Å². The van der Waals surface area contributed by atoms with Crippen molar-refractivity contribution in [1.29, 1.82) is 0 Å². The number of nitrogen functional groups attached to an aromatic ring is 1. The smallest absolute Gasteiger partial charge is 0.161 e. The third-order valence-electron chi connectivity index (χ3n) is 3.28. The molecule has 0 radical (unpaired) electrons. The van der Waals surface area contributed by atoms with Gasteiger partial charge in [0, 0.05) is 14.8 Å². The number of rotatable bonds is 3. The van der Waals surface area contributed by atoms with Crippen LogP contribution in [0.25, 0.3) is 11.4 Å². The third kappa shape index (κ3) is 3.19. The second-order valence-corrected chi connectivity index (χ2v) is 6.14. The van der Waals surface area contributed by atoms with E-state index in [-0.39, 0.29) is 0 Å². The van der Waals surface area contributed by atoms with Gasteiger partial charge in [-0.05, 0) is 53.8 Å². The number of halogens is 1. The Bertz CT molecular complexity index is 786. The van der Waals surface area contributed by atoms with Gasteiger partial charge in [0.25, 0.3) is 0 Å². The fraction of sp³-hybridized carbons (Fsp3) is 0.0588. The third-order valence-corrected chi connectivity index (χ3v) is 3.99. The van der Waals surface area contributed by atoms with Crippen LogP contribution in [0.15, 0.2) is 54.6 Å². The van der Waals surface area contributed by atoms with Crippen molar-refractivity contribution in [3.05, 3.63) is 63.9 Å². The van der Waals surface area contributed by atoms with Gasteiger partial charge in [-0.2, -0.15) is 0 Å². The van der Waals surface area contributed by atoms with Gasteiger partial charge in [-0.3, -0.25) is 0 Å². The molecule has 3 N–H and O–H groups in total. The minimum atomic E-state index is 0.568. The normalized spacial score (nSPS) is 10.5. The maximum Gasteiger partial charge on any atom is 0.161 e. The Morgan fingerprint density at radius 1 is 0.955 bits per heavy atom. The van der Waals surface area contributed by atoms with Crippen molar-refractivity contribution >= 4 is 39.8 Å². The standard InChI is InChI=1S/C17H15IN4/c1-11-15(19)17(21-14-9-7-13(18)8-10-14)22-16(20-11)12-5-3-2-4-6-12/h2-10H,19H2,1H3,(H,20,21,22). The minimum absolute atomic E-state index is 0.568. The van der Waals surface area contributed by atoms with E-state index in [1.54, 1.807) is 0 Å². The molecule has 3 aromatic rings. The fourth-order valence-electron chi connectivity index (χ4n) is 2.06. The molecule has 0 aliphatic rings. The number of anilines is 3. The van der Waals surface area contributed by atoms with Crippen molar-refractivity contribution in [2.45, 2.75) is 6.92 Å². The Morgan fingerprint density at radius 3 is 2.32 bits per heavy atom. The summed E-state index contributed by atoms with van der Waals surface area (Å²) in [6.45, 7) is 1.89. The van der Waals surface area contributed by atoms with Crippen LogP contribution in [0.2, 0.25) is 0 Å². The van der Waals surface area contributed by atoms with Crippen LogP contribution in [-0.4, -0.2) is 9.97 Å². The fourth-order valence-corrected chi connectivity index (χ4v) is 2.42. The number of aryl methyl sites for hydroxylation is 1. The minimum Gasteiger partial charge on any atom is -0.394 e. The number of aromatic nitrogens is 2. The zero-order valence-corrected chi connectivity index (χ0v) is 14.2. The first-order valence-corrected chi connectivity index (χ1v) is 7.93. The summed E-state index contributed by atoms with van der Waals surface area (Å²) in [5, 5.41) is 3.27. The molecule has 2 aromatic carbocycles. The first-order valence-electron chi connectivity index (χ1n) is 6.85. The Balaban J connectivity index is 2.00. The summed E-state index contributed by atoms with van der Waals surface area (Å²) >= 11 is 2.27. The molecule has 110 valence electrons. The van der Waals surface area contributed by atoms with Crippen LogP contribution < -0.4 is 11.1 Å². The van der Waals surface area contributed by atoms with E-state index in [2.05, 4.69) is 37.9 Å². The van der Waals surface area contributed by atoms with E-state index in [0.717, 1.165) is 16.9 Å².